The van der Waals surface area contributed by atoms with Crippen LogP contribution in [0.3, 0.4) is 0 Å². The topological polar surface area (TPSA) is 90.7 Å². The van der Waals surface area contributed by atoms with Crippen molar-refractivity contribution >= 4 is 25.2 Å². The molecule has 0 fully saturated rings. The summed E-state index contributed by atoms with van der Waals surface area (Å²) in [7, 11) is 1.71. The van der Waals surface area contributed by atoms with Gasteiger partial charge in [-0.2, -0.15) is 5.10 Å². The first kappa shape index (κ1) is 20.8. The molecule has 0 atom stereocenters. The van der Waals surface area contributed by atoms with Gasteiger partial charge in [0.05, 0.1) is 13.1 Å². The summed E-state index contributed by atoms with van der Waals surface area (Å²) in [6.07, 6.45) is 10.5. The average molecular weight is 377 g/mol. The fraction of sp³-hybridized carbons (Fsp3) is 0.238. The van der Waals surface area contributed by atoms with Gasteiger partial charge in [0.2, 0.25) is 5.96 Å². The molecule has 0 aromatic heterocycles. The van der Waals surface area contributed by atoms with E-state index in [0.717, 1.165) is 24.0 Å². The third kappa shape index (κ3) is 5.77. The minimum atomic E-state index is 0.540. The van der Waals surface area contributed by atoms with Crippen LogP contribution in [0.15, 0.2) is 80.7 Å². The highest BCUT2D eigenvalue weighted by atomic mass is 15.3. The van der Waals surface area contributed by atoms with Gasteiger partial charge in [0.1, 0.15) is 6.34 Å². The van der Waals surface area contributed by atoms with Crippen molar-refractivity contribution < 1.29 is 0 Å². The monoisotopic (exact) mass is 377 g/mol. The van der Waals surface area contributed by atoms with Gasteiger partial charge in [-0.3, -0.25) is 9.89 Å². The Labute approximate surface area is 166 Å². The summed E-state index contributed by atoms with van der Waals surface area (Å²) in [4.78, 5) is 10.6. The summed E-state index contributed by atoms with van der Waals surface area (Å²) in [6, 6.07) is 8.31. The molecule has 0 amide bonds. The van der Waals surface area contributed by atoms with E-state index in [0.29, 0.717) is 19.0 Å². The van der Waals surface area contributed by atoms with Gasteiger partial charge < -0.3 is 11.1 Å². The molecule has 1 aromatic rings. The van der Waals surface area contributed by atoms with Gasteiger partial charge in [0.25, 0.3) is 0 Å². The molecular formula is C21H27N7. The van der Waals surface area contributed by atoms with Crippen molar-refractivity contribution in [2.24, 2.45) is 25.9 Å². The number of nitrogens with zero attached hydrogens (tertiary/aromatic N) is 5. The predicted molar refractivity (Wildman–Crippen MR) is 119 cm³/mol. The molecule has 0 radical (unpaired) electrons. The summed E-state index contributed by atoms with van der Waals surface area (Å²) in [5.41, 5.74) is 9.98. The van der Waals surface area contributed by atoms with Gasteiger partial charge in [-0.15, -0.1) is 11.7 Å². The standard InChI is InChI=1S/C21H27N7/c1-4-5-8-17-9-6-7-10-18(17)13-25-21-26-14-20(19(11-22)12-23-2)15-28(21)16-27-24-3/h4,6-7,9-12,14,16H,1,3,5,8,13,15,22H2,2H3,(H,25,26)/b19-11?,23-12?,27-16-. The van der Waals surface area contributed by atoms with Crippen molar-refractivity contribution in [2.75, 3.05) is 13.6 Å². The third-order valence-electron chi connectivity index (χ3n) is 4.21. The summed E-state index contributed by atoms with van der Waals surface area (Å²) >= 11 is 0. The highest BCUT2D eigenvalue weighted by molar-refractivity contribution is 5.94. The lowest BCUT2D eigenvalue weighted by atomic mass is 10.0. The van der Waals surface area contributed by atoms with E-state index in [-0.39, 0.29) is 0 Å². The molecule has 0 aliphatic carbocycles. The smallest absolute Gasteiger partial charge is 0.203 e. The van der Waals surface area contributed by atoms with Crippen LogP contribution < -0.4 is 11.1 Å². The molecule has 0 saturated heterocycles. The predicted octanol–water partition coefficient (Wildman–Crippen LogP) is 2.64. The number of guanidine groups is 1. The van der Waals surface area contributed by atoms with E-state index in [9.17, 15) is 0 Å². The first-order valence-corrected chi connectivity index (χ1v) is 9.01. The van der Waals surface area contributed by atoms with E-state index in [1.54, 1.807) is 19.6 Å². The molecule has 2 rings (SSSR count). The van der Waals surface area contributed by atoms with Crippen LogP contribution >= 0.6 is 0 Å². The van der Waals surface area contributed by atoms with Gasteiger partial charge in [-0.1, -0.05) is 30.3 Å². The molecule has 1 aliphatic heterocycles. The molecule has 0 spiro atoms. The van der Waals surface area contributed by atoms with Gasteiger partial charge in [-0.05, 0) is 29.5 Å². The summed E-state index contributed by atoms with van der Waals surface area (Å²) in [5.74, 6) is 0.680. The Bertz CT molecular complexity index is 831. The molecule has 1 aromatic carbocycles. The Kier molecular flexibility index (Phi) is 8.39. The minimum absolute atomic E-state index is 0.540. The third-order valence-corrected chi connectivity index (χ3v) is 4.21. The number of rotatable bonds is 9. The van der Waals surface area contributed by atoms with Gasteiger partial charge in [0.15, 0.2) is 0 Å². The summed E-state index contributed by atoms with van der Waals surface area (Å²) in [6.45, 7) is 8.29. The van der Waals surface area contributed by atoms with E-state index in [1.807, 2.05) is 29.3 Å². The summed E-state index contributed by atoms with van der Waals surface area (Å²) in [5, 5.41) is 10.7. The van der Waals surface area contributed by atoms with E-state index in [2.05, 4.69) is 45.9 Å². The van der Waals surface area contributed by atoms with Gasteiger partial charge >= 0.3 is 0 Å². The van der Waals surface area contributed by atoms with Crippen molar-refractivity contribution in [1.29, 1.82) is 0 Å². The fourth-order valence-electron chi connectivity index (χ4n) is 2.79. The molecule has 7 nitrogen and oxygen atoms in total. The SMILES string of the molecule is C=CCCc1ccccc1CN=C1NC=C(C(C=NC)=CN)CN1/C=N\N=C. The van der Waals surface area contributed by atoms with E-state index >= 15 is 0 Å². The van der Waals surface area contributed by atoms with Crippen LogP contribution in [0.1, 0.15) is 17.5 Å². The molecule has 0 bridgehead atoms. The summed E-state index contributed by atoms with van der Waals surface area (Å²) < 4.78 is 0. The lowest BCUT2D eigenvalue weighted by Crippen LogP contribution is -2.43. The number of aliphatic imine (C=N–C) groups is 2. The van der Waals surface area contributed by atoms with Crippen LogP contribution in [0.5, 0.6) is 0 Å². The van der Waals surface area contributed by atoms with E-state index in [1.165, 1.54) is 17.3 Å². The molecule has 1 aliphatic rings. The van der Waals surface area contributed by atoms with E-state index < -0.39 is 0 Å². The second-order valence-corrected chi connectivity index (χ2v) is 6.06. The Morgan fingerprint density at radius 1 is 1.32 bits per heavy atom. The van der Waals surface area contributed by atoms with E-state index in [4.69, 9.17) is 10.7 Å². The van der Waals surface area contributed by atoms with Crippen LogP contribution in [0.25, 0.3) is 0 Å². The van der Waals surface area contributed by atoms with Crippen molar-refractivity contribution in [3.05, 3.63) is 71.6 Å². The molecule has 7 heteroatoms. The van der Waals surface area contributed by atoms with Crippen molar-refractivity contribution in [1.82, 2.24) is 10.2 Å². The Morgan fingerprint density at radius 3 is 2.79 bits per heavy atom. The zero-order valence-corrected chi connectivity index (χ0v) is 16.3. The molecular weight excluding hydrogens is 350 g/mol. The number of hydrogen-bond acceptors (Lipinski definition) is 5. The zero-order chi connectivity index (χ0) is 20.2. The molecule has 0 saturated carbocycles. The van der Waals surface area contributed by atoms with Crippen LogP contribution in [0.4, 0.5) is 0 Å². The van der Waals surface area contributed by atoms with Crippen LogP contribution in [-0.2, 0) is 13.0 Å². The maximum atomic E-state index is 5.72. The van der Waals surface area contributed by atoms with Gasteiger partial charge in [-0.25, -0.2) is 4.99 Å². The number of benzene rings is 1. The molecule has 3 N–H and O–H groups in total. The second-order valence-electron chi connectivity index (χ2n) is 6.06. The molecule has 0 unspecified atom stereocenters. The minimum Gasteiger partial charge on any atom is -0.404 e. The van der Waals surface area contributed by atoms with Crippen LogP contribution in [0.2, 0.25) is 0 Å². The normalized spacial score (nSPS) is 16.5. The Morgan fingerprint density at radius 2 is 2.11 bits per heavy atom. The Hall–Kier alpha value is -3.48. The van der Waals surface area contributed by atoms with Crippen molar-refractivity contribution in [3.63, 3.8) is 0 Å². The lowest BCUT2D eigenvalue weighted by molar-refractivity contribution is 0.629. The number of nitrogens with two attached hydrogens (primary N) is 1. The molecule has 1 heterocycles. The van der Waals surface area contributed by atoms with Crippen molar-refractivity contribution in [2.45, 2.75) is 19.4 Å². The number of hydrogen-bond donors (Lipinski definition) is 2. The first-order chi connectivity index (χ1) is 13.7. The Balaban J connectivity index is 2.25. The molecule has 146 valence electrons. The number of allylic oxidation sites excluding steroid dienone is 1. The lowest BCUT2D eigenvalue weighted by Gasteiger charge is -2.27. The highest BCUT2D eigenvalue weighted by Gasteiger charge is 2.18. The number of nitrogens with one attached hydrogen (secondary N) is 1. The number of aryl methyl sites for hydroxylation is 1. The quantitative estimate of drug-likeness (QED) is 0.300. The molecule has 28 heavy (non-hydrogen) atoms. The second kappa shape index (κ2) is 11.3. The highest BCUT2D eigenvalue weighted by Crippen LogP contribution is 2.15. The van der Waals surface area contributed by atoms with Crippen LogP contribution in [0, 0.1) is 0 Å². The first-order valence-electron chi connectivity index (χ1n) is 9.01. The van der Waals surface area contributed by atoms with Crippen LogP contribution in [-0.4, -0.2) is 43.7 Å². The maximum absolute atomic E-state index is 5.72. The zero-order valence-electron chi connectivity index (χ0n) is 16.3. The average Bonchev–Trinajstić information content (AvgIpc) is 2.74. The maximum Gasteiger partial charge on any atom is 0.203 e. The largest absolute Gasteiger partial charge is 0.404 e. The fourth-order valence-corrected chi connectivity index (χ4v) is 2.79. The van der Waals surface area contributed by atoms with Crippen molar-refractivity contribution in [3.8, 4) is 0 Å². The van der Waals surface area contributed by atoms with Gasteiger partial charge in [0, 0.05) is 38.0 Å².